The molecule has 4 nitrogen and oxygen atoms in total. The molecule has 4 aromatic carbocycles. The Labute approximate surface area is 239 Å². The predicted octanol–water partition coefficient (Wildman–Crippen LogP) is 8.52. The lowest BCUT2D eigenvalue weighted by atomic mass is 10.1. The van der Waals surface area contributed by atoms with E-state index >= 15 is 0 Å². The molecule has 8 heteroatoms. The number of anilines is 1. The quantitative estimate of drug-likeness (QED) is 0.153. The van der Waals surface area contributed by atoms with Crippen molar-refractivity contribution in [1.29, 1.82) is 0 Å². The molecule has 0 N–H and O–H groups in total. The number of amides is 2. The standard InChI is InChI=1S/C27H16ClI2NO3S/c28-20-6-3-7-21(14-20)31-26(32)24(35-27(31)33)13-17-11-22(29)25(23(30)12-17)34-15-16-8-9-18-4-1-2-5-19(18)10-16/h1-14H,15H2/b24-13+. The number of nitrogens with zero attached hydrogens (tertiary/aromatic N) is 1. The highest BCUT2D eigenvalue weighted by Gasteiger charge is 2.36. The van der Waals surface area contributed by atoms with E-state index < -0.39 is 0 Å². The van der Waals surface area contributed by atoms with E-state index in [0.717, 1.165) is 40.7 Å². The maximum Gasteiger partial charge on any atom is 0.298 e. The van der Waals surface area contributed by atoms with Gasteiger partial charge in [0.05, 0.1) is 17.7 Å². The molecule has 1 aliphatic heterocycles. The molecule has 0 spiro atoms. The van der Waals surface area contributed by atoms with Crippen molar-refractivity contribution >= 4 is 102 Å². The molecule has 1 fully saturated rings. The Hall–Kier alpha value is -2.08. The molecule has 0 bridgehead atoms. The van der Waals surface area contributed by atoms with Crippen molar-refractivity contribution in [2.45, 2.75) is 6.61 Å². The van der Waals surface area contributed by atoms with Crippen LogP contribution in [0.3, 0.4) is 0 Å². The Bertz CT molecular complexity index is 1500. The first-order chi connectivity index (χ1) is 16.9. The summed E-state index contributed by atoms with van der Waals surface area (Å²) in [4.78, 5) is 27.0. The molecule has 4 aromatic rings. The van der Waals surface area contributed by atoms with Crippen LogP contribution in [-0.2, 0) is 11.4 Å². The summed E-state index contributed by atoms with van der Waals surface area (Å²) in [6, 6.07) is 25.2. The maximum atomic E-state index is 13.0. The first-order valence-electron chi connectivity index (χ1n) is 10.5. The molecule has 0 unspecified atom stereocenters. The van der Waals surface area contributed by atoms with Gasteiger partial charge < -0.3 is 4.74 Å². The van der Waals surface area contributed by atoms with Crippen molar-refractivity contribution in [3.05, 3.63) is 107 Å². The molecule has 0 radical (unpaired) electrons. The monoisotopic (exact) mass is 723 g/mol. The van der Waals surface area contributed by atoms with Crippen LogP contribution in [0.2, 0.25) is 5.02 Å². The number of ether oxygens (including phenoxy) is 1. The van der Waals surface area contributed by atoms with Gasteiger partial charge in [0.2, 0.25) is 0 Å². The largest absolute Gasteiger partial charge is 0.487 e. The van der Waals surface area contributed by atoms with Crippen LogP contribution in [0.5, 0.6) is 5.75 Å². The second kappa shape index (κ2) is 10.5. The predicted molar refractivity (Wildman–Crippen MR) is 160 cm³/mol. The highest BCUT2D eigenvalue weighted by molar-refractivity contribution is 14.1. The molecular weight excluding hydrogens is 708 g/mol. The molecule has 2 amide bonds. The minimum atomic E-state index is -0.357. The van der Waals surface area contributed by atoms with E-state index in [4.69, 9.17) is 16.3 Å². The van der Waals surface area contributed by atoms with Gasteiger partial charge in [0.1, 0.15) is 12.4 Å². The maximum absolute atomic E-state index is 13.0. The average molecular weight is 724 g/mol. The van der Waals surface area contributed by atoms with Crippen molar-refractivity contribution in [3.63, 3.8) is 0 Å². The number of thioether (sulfide) groups is 1. The number of carbonyl (C=O) groups excluding carboxylic acids is 2. The van der Waals surface area contributed by atoms with Crippen molar-refractivity contribution in [1.82, 2.24) is 0 Å². The van der Waals surface area contributed by atoms with E-state index in [9.17, 15) is 9.59 Å². The van der Waals surface area contributed by atoms with Crippen LogP contribution in [0.1, 0.15) is 11.1 Å². The summed E-state index contributed by atoms with van der Waals surface area (Å²) >= 11 is 11.4. The Morgan fingerprint density at radius 1 is 0.886 bits per heavy atom. The Kier molecular flexibility index (Phi) is 7.38. The number of rotatable bonds is 5. The van der Waals surface area contributed by atoms with E-state index in [1.165, 1.54) is 10.8 Å². The number of hydrogen-bond acceptors (Lipinski definition) is 4. The molecule has 0 saturated carbocycles. The molecule has 1 aliphatic rings. The third-order valence-corrected chi connectivity index (χ3v) is 8.08. The molecule has 1 heterocycles. The molecule has 5 rings (SSSR count). The smallest absolute Gasteiger partial charge is 0.298 e. The van der Waals surface area contributed by atoms with Gasteiger partial charge in [-0.15, -0.1) is 0 Å². The first-order valence-corrected chi connectivity index (χ1v) is 13.9. The third-order valence-electron chi connectivity index (χ3n) is 5.38. The topological polar surface area (TPSA) is 46.6 Å². The summed E-state index contributed by atoms with van der Waals surface area (Å²) in [6.45, 7) is 0.453. The van der Waals surface area contributed by atoms with E-state index in [-0.39, 0.29) is 11.1 Å². The lowest BCUT2D eigenvalue weighted by Crippen LogP contribution is -2.27. The highest BCUT2D eigenvalue weighted by Crippen LogP contribution is 2.37. The van der Waals surface area contributed by atoms with E-state index in [0.29, 0.717) is 22.2 Å². The van der Waals surface area contributed by atoms with Gasteiger partial charge in [-0.3, -0.25) is 9.59 Å². The highest BCUT2D eigenvalue weighted by atomic mass is 127. The summed E-state index contributed by atoms with van der Waals surface area (Å²) < 4.78 is 8.02. The number of hydrogen-bond donors (Lipinski definition) is 0. The van der Waals surface area contributed by atoms with Crippen molar-refractivity contribution < 1.29 is 14.3 Å². The zero-order valence-corrected chi connectivity index (χ0v) is 23.9. The van der Waals surface area contributed by atoms with Gasteiger partial charge in [-0.1, -0.05) is 54.1 Å². The zero-order chi connectivity index (χ0) is 24.5. The number of carbonyl (C=O) groups is 2. The van der Waals surface area contributed by atoms with Gasteiger partial charge in [0, 0.05) is 5.02 Å². The first kappa shape index (κ1) is 24.6. The van der Waals surface area contributed by atoms with Crippen LogP contribution in [0.4, 0.5) is 10.5 Å². The molecule has 35 heavy (non-hydrogen) atoms. The summed E-state index contributed by atoms with van der Waals surface area (Å²) in [6.07, 6.45) is 1.74. The minimum absolute atomic E-state index is 0.344. The van der Waals surface area contributed by atoms with Gasteiger partial charge in [-0.2, -0.15) is 0 Å². The van der Waals surface area contributed by atoms with Gasteiger partial charge in [-0.25, -0.2) is 4.90 Å². The Morgan fingerprint density at radius 3 is 2.37 bits per heavy atom. The fraction of sp³-hybridized carbons (Fsp3) is 0.0370. The SMILES string of the molecule is O=C1S/C(=C/c2cc(I)c(OCc3ccc4ccccc4c3)c(I)c2)C(=O)N1c1cccc(Cl)c1. The molecule has 174 valence electrons. The zero-order valence-electron chi connectivity index (χ0n) is 18.0. The number of fused-ring (bicyclic) bond motifs is 1. The van der Waals surface area contributed by atoms with Crippen LogP contribution in [0.25, 0.3) is 16.8 Å². The van der Waals surface area contributed by atoms with Gasteiger partial charge in [0.15, 0.2) is 0 Å². The lowest BCUT2D eigenvalue weighted by molar-refractivity contribution is -0.113. The van der Waals surface area contributed by atoms with Crippen LogP contribution >= 0.6 is 68.5 Å². The van der Waals surface area contributed by atoms with E-state index in [1.807, 2.05) is 24.3 Å². The number of imide groups is 1. The summed E-state index contributed by atoms with van der Waals surface area (Å²) in [5.41, 5.74) is 2.38. The lowest BCUT2D eigenvalue weighted by Gasteiger charge is -2.13. The Balaban J connectivity index is 1.35. The van der Waals surface area contributed by atoms with Crippen LogP contribution in [0, 0.1) is 7.14 Å². The molecule has 0 atom stereocenters. The van der Waals surface area contributed by atoms with Gasteiger partial charge in [0.25, 0.3) is 11.1 Å². The van der Waals surface area contributed by atoms with Crippen molar-refractivity contribution in [3.8, 4) is 5.75 Å². The fourth-order valence-electron chi connectivity index (χ4n) is 3.74. The summed E-state index contributed by atoms with van der Waals surface area (Å²) in [7, 11) is 0. The molecule has 0 aliphatic carbocycles. The average Bonchev–Trinajstić information content (AvgIpc) is 3.11. The Morgan fingerprint density at radius 2 is 1.63 bits per heavy atom. The van der Waals surface area contributed by atoms with Crippen LogP contribution in [-0.4, -0.2) is 11.1 Å². The second-order valence-corrected chi connectivity index (χ2v) is 11.5. The molecule has 0 aromatic heterocycles. The number of halogens is 3. The normalized spacial score (nSPS) is 14.8. The second-order valence-electron chi connectivity index (χ2n) is 7.78. The van der Waals surface area contributed by atoms with Gasteiger partial charge >= 0.3 is 0 Å². The van der Waals surface area contributed by atoms with Crippen molar-refractivity contribution in [2.75, 3.05) is 4.90 Å². The molecular formula is C27H16ClI2NO3S. The van der Waals surface area contributed by atoms with E-state index in [2.05, 4.69) is 75.5 Å². The van der Waals surface area contributed by atoms with Crippen molar-refractivity contribution in [2.24, 2.45) is 0 Å². The summed E-state index contributed by atoms with van der Waals surface area (Å²) in [5, 5.41) is 2.50. The van der Waals surface area contributed by atoms with E-state index in [1.54, 1.807) is 30.3 Å². The van der Waals surface area contributed by atoms with Gasteiger partial charge in [-0.05, 0) is 121 Å². The van der Waals surface area contributed by atoms with Crippen LogP contribution in [0.15, 0.2) is 83.8 Å². The number of benzene rings is 4. The molecule has 1 saturated heterocycles. The third kappa shape index (κ3) is 5.37. The van der Waals surface area contributed by atoms with Crippen LogP contribution < -0.4 is 9.64 Å². The minimum Gasteiger partial charge on any atom is -0.487 e. The summed E-state index contributed by atoms with van der Waals surface area (Å²) in [5.74, 6) is 0.437. The fourth-order valence-corrected chi connectivity index (χ4v) is 6.90.